The van der Waals surface area contributed by atoms with Gasteiger partial charge in [0.1, 0.15) is 0 Å². The predicted molar refractivity (Wildman–Crippen MR) is 71.8 cm³/mol. The first kappa shape index (κ1) is 14.8. The zero-order valence-electron chi connectivity index (χ0n) is 11.1. The number of ether oxygens (including phenoxy) is 1. The van der Waals surface area contributed by atoms with Gasteiger partial charge in [0.2, 0.25) is 0 Å². The molecule has 0 amide bonds. The van der Waals surface area contributed by atoms with Crippen LogP contribution in [-0.4, -0.2) is 30.0 Å². The van der Waals surface area contributed by atoms with Crippen LogP contribution in [0.25, 0.3) is 0 Å². The summed E-state index contributed by atoms with van der Waals surface area (Å²) in [5, 5.41) is 22.1. The molecule has 1 rings (SSSR count). The Hall–Kier alpha value is -1.26. The van der Waals surface area contributed by atoms with Crippen molar-refractivity contribution < 1.29 is 14.9 Å². The van der Waals surface area contributed by atoms with Crippen LogP contribution >= 0.6 is 0 Å². The molecule has 0 saturated carbocycles. The maximum atomic E-state index is 9.58. The molecule has 3 N–H and O–H groups in total. The molecule has 0 spiro atoms. The van der Waals surface area contributed by atoms with E-state index >= 15 is 0 Å². The first-order chi connectivity index (χ1) is 8.61. The van der Waals surface area contributed by atoms with Gasteiger partial charge in [-0.1, -0.05) is 26.0 Å². The number of phenolic OH excluding ortho intramolecular Hbond substituents is 2. The molecule has 0 heterocycles. The first-order valence-corrected chi connectivity index (χ1v) is 6.39. The summed E-state index contributed by atoms with van der Waals surface area (Å²) in [7, 11) is 0. The Morgan fingerprint density at radius 1 is 1.22 bits per heavy atom. The van der Waals surface area contributed by atoms with Gasteiger partial charge in [0.05, 0.1) is 6.61 Å². The Bertz CT molecular complexity index is 353. The van der Waals surface area contributed by atoms with E-state index in [0.29, 0.717) is 24.6 Å². The monoisotopic (exact) mass is 253 g/mol. The van der Waals surface area contributed by atoms with Crippen molar-refractivity contribution in [3.05, 3.63) is 23.8 Å². The lowest BCUT2D eigenvalue weighted by Crippen LogP contribution is -2.19. The van der Waals surface area contributed by atoms with Gasteiger partial charge in [-0.05, 0) is 18.4 Å². The number of benzene rings is 1. The number of aromatic hydroxyl groups is 2. The molecule has 0 aliphatic rings. The molecular formula is C14H23NO3. The van der Waals surface area contributed by atoms with E-state index in [0.717, 1.165) is 19.6 Å². The van der Waals surface area contributed by atoms with Crippen LogP contribution in [0.5, 0.6) is 11.5 Å². The maximum Gasteiger partial charge on any atom is 0.161 e. The van der Waals surface area contributed by atoms with Crippen LogP contribution in [0.4, 0.5) is 0 Å². The molecule has 102 valence electrons. The summed E-state index contributed by atoms with van der Waals surface area (Å²) in [4.78, 5) is 0. The molecule has 4 nitrogen and oxygen atoms in total. The Morgan fingerprint density at radius 3 is 2.72 bits per heavy atom. The lowest BCUT2D eigenvalue weighted by molar-refractivity contribution is 0.125. The molecule has 0 aliphatic carbocycles. The third-order valence-corrected chi connectivity index (χ3v) is 2.68. The van der Waals surface area contributed by atoms with Gasteiger partial charge in [-0.2, -0.15) is 0 Å². The highest BCUT2D eigenvalue weighted by Crippen LogP contribution is 2.27. The van der Waals surface area contributed by atoms with Crippen molar-refractivity contribution in [2.45, 2.75) is 26.8 Å². The van der Waals surface area contributed by atoms with Crippen LogP contribution in [0.2, 0.25) is 0 Å². The molecule has 18 heavy (non-hydrogen) atoms. The Morgan fingerprint density at radius 2 is 2.00 bits per heavy atom. The highest BCUT2D eigenvalue weighted by Gasteiger charge is 2.04. The number of nitrogens with one attached hydrogen (secondary N) is 1. The quantitative estimate of drug-likeness (QED) is 0.491. The summed E-state index contributed by atoms with van der Waals surface area (Å²) < 4.78 is 5.46. The van der Waals surface area contributed by atoms with E-state index in [9.17, 15) is 10.2 Å². The number of hydrogen-bond donors (Lipinski definition) is 3. The van der Waals surface area contributed by atoms with E-state index < -0.39 is 0 Å². The van der Waals surface area contributed by atoms with Crippen molar-refractivity contribution in [1.82, 2.24) is 5.32 Å². The van der Waals surface area contributed by atoms with Gasteiger partial charge in [0.15, 0.2) is 11.5 Å². The summed E-state index contributed by atoms with van der Waals surface area (Å²) in [6.45, 7) is 7.04. The molecule has 1 aromatic rings. The van der Waals surface area contributed by atoms with Crippen LogP contribution in [0, 0.1) is 5.92 Å². The zero-order chi connectivity index (χ0) is 13.4. The molecule has 0 aliphatic heterocycles. The number of rotatable bonds is 8. The van der Waals surface area contributed by atoms with Crippen molar-refractivity contribution in [1.29, 1.82) is 0 Å². The summed E-state index contributed by atoms with van der Waals surface area (Å²) >= 11 is 0. The Labute approximate surface area is 109 Å². The highest BCUT2D eigenvalue weighted by molar-refractivity contribution is 5.44. The van der Waals surface area contributed by atoms with Crippen molar-refractivity contribution in [3.63, 3.8) is 0 Å². The van der Waals surface area contributed by atoms with E-state index in [2.05, 4.69) is 19.2 Å². The fraction of sp³-hybridized carbons (Fsp3) is 0.571. The second-order valence-corrected chi connectivity index (χ2v) is 4.76. The van der Waals surface area contributed by atoms with E-state index in [1.165, 1.54) is 6.07 Å². The first-order valence-electron chi connectivity index (χ1n) is 6.39. The van der Waals surface area contributed by atoms with Gasteiger partial charge in [-0.15, -0.1) is 0 Å². The average Bonchev–Trinajstić information content (AvgIpc) is 2.32. The van der Waals surface area contributed by atoms with Crippen LogP contribution < -0.4 is 5.32 Å². The van der Waals surface area contributed by atoms with Gasteiger partial charge in [0.25, 0.3) is 0 Å². The van der Waals surface area contributed by atoms with Gasteiger partial charge < -0.3 is 20.3 Å². The fourth-order valence-corrected chi connectivity index (χ4v) is 1.51. The lowest BCUT2D eigenvalue weighted by atomic mass is 10.1. The SMILES string of the molecule is CC(C)CCOCCNCc1cccc(O)c1O. The molecule has 0 saturated heterocycles. The maximum absolute atomic E-state index is 9.58. The second-order valence-electron chi connectivity index (χ2n) is 4.76. The van der Waals surface area contributed by atoms with E-state index in [1.807, 2.05) is 0 Å². The summed E-state index contributed by atoms with van der Waals surface area (Å²) in [5.41, 5.74) is 0.692. The van der Waals surface area contributed by atoms with Crippen LogP contribution in [0.3, 0.4) is 0 Å². The Balaban J connectivity index is 2.13. The molecule has 0 bridgehead atoms. The molecular weight excluding hydrogens is 230 g/mol. The predicted octanol–water partition coefficient (Wildman–Crippen LogP) is 2.25. The second kappa shape index (κ2) is 7.95. The van der Waals surface area contributed by atoms with Crippen molar-refractivity contribution in [2.24, 2.45) is 5.92 Å². The van der Waals surface area contributed by atoms with E-state index in [4.69, 9.17) is 4.74 Å². The Kier molecular flexibility index (Phi) is 6.54. The van der Waals surface area contributed by atoms with E-state index in [-0.39, 0.29) is 11.5 Å². The lowest BCUT2D eigenvalue weighted by Gasteiger charge is -2.09. The molecule has 0 radical (unpaired) electrons. The van der Waals surface area contributed by atoms with Crippen molar-refractivity contribution >= 4 is 0 Å². The standard InChI is InChI=1S/C14H23NO3/c1-11(2)6-8-18-9-7-15-10-12-4-3-5-13(16)14(12)17/h3-5,11,15-17H,6-10H2,1-2H3. The zero-order valence-corrected chi connectivity index (χ0v) is 11.1. The minimum atomic E-state index is -0.0810. The summed E-state index contributed by atoms with van der Waals surface area (Å²) in [6, 6.07) is 4.96. The van der Waals surface area contributed by atoms with Gasteiger partial charge in [-0.25, -0.2) is 0 Å². The van der Waals surface area contributed by atoms with Gasteiger partial charge >= 0.3 is 0 Å². The van der Waals surface area contributed by atoms with Crippen molar-refractivity contribution in [2.75, 3.05) is 19.8 Å². The topological polar surface area (TPSA) is 61.7 Å². The summed E-state index contributed by atoms with van der Waals surface area (Å²) in [6.07, 6.45) is 1.08. The third-order valence-electron chi connectivity index (χ3n) is 2.68. The number of para-hydroxylation sites is 1. The van der Waals surface area contributed by atoms with Gasteiger partial charge in [0, 0.05) is 25.3 Å². The third kappa shape index (κ3) is 5.38. The average molecular weight is 253 g/mol. The van der Waals surface area contributed by atoms with E-state index in [1.54, 1.807) is 12.1 Å². The molecule has 4 heteroatoms. The smallest absolute Gasteiger partial charge is 0.161 e. The number of hydrogen-bond acceptors (Lipinski definition) is 4. The van der Waals surface area contributed by atoms with Gasteiger partial charge in [-0.3, -0.25) is 0 Å². The molecule has 0 unspecified atom stereocenters. The minimum Gasteiger partial charge on any atom is -0.504 e. The van der Waals surface area contributed by atoms with Crippen molar-refractivity contribution in [3.8, 4) is 11.5 Å². The van der Waals surface area contributed by atoms with Crippen LogP contribution in [-0.2, 0) is 11.3 Å². The van der Waals surface area contributed by atoms with Crippen LogP contribution in [0.15, 0.2) is 18.2 Å². The minimum absolute atomic E-state index is 0.0503. The summed E-state index contributed by atoms with van der Waals surface area (Å²) in [5.74, 6) is 0.537. The fourth-order valence-electron chi connectivity index (χ4n) is 1.51. The number of phenols is 2. The largest absolute Gasteiger partial charge is 0.504 e. The van der Waals surface area contributed by atoms with Crippen LogP contribution in [0.1, 0.15) is 25.8 Å². The molecule has 0 atom stereocenters. The molecule has 1 aromatic carbocycles. The molecule has 0 fully saturated rings. The molecule has 0 aromatic heterocycles. The highest BCUT2D eigenvalue weighted by atomic mass is 16.5. The normalized spacial score (nSPS) is 11.1.